The summed E-state index contributed by atoms with van der Waals surface area (Å²) in [5.41, 5.74) is 2.90. The van der Waals surface area contributed by atoms with Crippen LogP contribution in [0.25, 0.3) is 23.1 Å². The smallest absolute Gasteiger partial charge is 0.303 e. The van der Waals surface area contributed by atoms with Crippen molar-refractivity contribution in [2.75, 3.05) is 5.75 Å². The molecule has 4 aromatic rings. The fourth-order valence-electron chi connectivity index (χ4n) is 5.82. The Morgan fingerprint density at radius 1 is 1.02 bits per heavy atom. The number of sulfone groups is 1. The van der Waals surface area contributed by atoms with E-state index < -0.39 is 32.1 Å². The van der Waals surface area contributed by atoms with Crippen molar-refractivity contribution in [2.24, 2.45) is 5.41 Å². The van der Waals surface area contributed by atoms with Gasteiger partial charge in [-0.25, -0.2) is 13.4 Å². The minimum absolute atomic E-state index is 0.146. The molecule has 8 heteroatoms. The number of fused-ring (bicyclic) bond motifs is 1. The van der Waals surface area contributed by atoms with E-state index >= 15 is 0 Å². The number of hydrogen-bond acceptors (Lipinski definition) is 5. The number of aliphatic carboxylic acids is 1. The van der Waals surface area contributed by atoms with Crippen LogP contribution in [0, 0.1) is 5.41 Å². The molecule has 0 spiro atoms. The summed E-state index contributed by atoms with van der Waals surface area (Å²) in [5, 5.41) is 20.9. The number of carboxylic acid groups (broad SMARTS) is 1. The average molecular weight is 618 g/mol. The molecule has 43 heavy (non-hydrogen) atoms. The normalized spacial score (nSPS) is 15.5. The van der Waals surface area contributed by atoms with Gasteiger partial charge in [0.15, 0.2) is 9.84 Å². The number of rotatable bonds is 12. The quantitative estimate of drug-likeness (QED) is 0.169. The first-order valence-electron chi connectivity index (χ1n) is 14.4. The van der Waals surface area contributed by atoms with Gasteiger partial charge in [0.25, 0.3) is 0 Å². The van der Waals surface area contributed by atoms with Crippen LogP contribution in [0.1, 0.15) is 72.7 Å². The summed E-state index contributed by atoms with van der Waals surface area (Å²) in [7, 11) is -3.72. The molecule has 0 bridgehead atoms. The molecule has 1 aliphatic rings. The molecular formula is C35H36ClNO5S. The molecule has 1 aliphatic carbocycles. The number of carbonyl (C=O) groups is 1. The third-order valence-corrected chi connectivity index (χ3v) is 10.8. The van der Waals surface area contributed by atoms with Gasteiger partial charge >= 0.3 is 5.97 Å². The largest absolute Gasteiger partial charge is 0.481 e. The SMILES string of the molecule is CC(C)(O)c1ccccc1CC[C@@H](c1cccc(/C=C/c2ccc3ccc(Cl)cc3n2)c1)S(=O)(=O)CC1(CC(=O)O)CC1. The van der Waals surface area contributed by atoms with Gasteiger partial charge in [-0.2, -0.15) is 0 Å². The highest BCUT2D eigenvalue weighted by atomic mass is 35.5. The predicted octanol–water partition coefficient (Wildman–Crippen LogP) is 7.63. The van der Waals surface area contributed by atoms with E-state index in [9.17, 15) is 23.4 Å². The molecule has 1 heterocycles. The van der Waals surface area contributed by atoms with E-state index in [1.54, 1.807) is 13.8 Å². The molecule has 6 nitrogen and oxygen atoms in total. The van der Waals surface area contributed by atoms with Crippen LogP contribution in [-0.2, 0) is 26.7 Å². The van der Waals surface area contributed by atoms with Gasteiger partial charge in [0.05, 0.1) is 34.2 Å². The van der Waals surface area contributed by atoms with Crippen molar-refractivity contribution in [3.8, 4) is 0 Å². The number of aryl methyl sites for hydroxylation is 1. The highest BCUT2D eigenvalue weighted by molar-refractivity contribution is 7.91. The summed E-state index contributed by atoms with van der Waals surface area (Å²) < 4.78 is 28.1. The lowest BCUT2D eigenvalue weighted by atomic mass is 9.90. The number of benzene rings is 3. The monoisotopic (exact) mass is 617 g/mol. The van der Waals surface area contributed by atoms with Crippen LogP contribution in [0.4, 0.5) is 0 Å². The minimum atomic E-state index is -3.72. The van der Waals surface area contributed by atoms with Gasteiger partial charge < -0.3 is 10.2 Å². The van der Waals surface area contributed by atoms with Crippen molar-refractivity contribution in [3.63, 3.8) is 0 Å². The van der Waals surface area contributed by atoms with E-state index in [4.69, 9.17) is 11.6 Å². The van der Waals surface area contributed by atoms with E-state index in [2.05, 4.69) is 4.98 Å². The summed E-state index contributed by atoms with van der Waals surface area (Å²) in [6.07, 6.45) is 5.58. The van der Waals surface area contributed by atoms with Crippen LogP contribution in [0.3, 0.4) is 0 Å². The topological polar surface area (TPSA) is 105 Å². The van der Waals surface area contributed by atoms with Gasteiger partial charge in [0, 0.05) is 10.4 Å². The molecule has 5 rings (SSSR count). The number of carboxylic acids is 1. The van der Waals surface area contributed by atoms with Crippen molar-refractivity contribution in [1.82, 2.24) is 4.98 Å². The first kappa shape index (κ1) is 30.9. The van der Waals surface area contributed by atoms with Gasteiger partial charge in [-0.3, -0.25) is 4.79 Å². The van der Waals surface area contributed by atoms with Crippen LogP contribution in [-0.4, -0.2) is 35.3 Å². The van der Waals surface area contributed by atoms with Gasteiger partial charge in [0.1, 0.15) is 0 Å². The number of halogens is 1. The van der Waals surface area contributed by atoms with E-state index in [-0.39, 0.29) is 12.2 Å². The van der Waals surface area contributed by atoms with Crippen LogP contribution < -0.4 is 0 Å². The van der Waals surface area contributed by atoms with E-state index in [1.165, 1.54) is 0 Å². The second-order valence-electron chi connectivity index (χ2n) is 12.2. The Hall–Kier alpha value is -3.52. The van der Waals surface area contributed by atoms with Gasteiger partial charge in [0.2, 0.25) is 0 Å². The summed E-state index contributed by atoms with van der Waals surface area (Å²) in [6.45, 7) is 3.44. The Morgan fingerprint density at radius 3 is 2.49 bits per heavy atom. The summed E-state index contributed by atoms with van der Waals surface area (Å²) in [4.78, 5) is 16.2. The lowest BCUT2D eigenvalue weighted by Gasteiger charge is -2.24. The molecule has 0 amide bonds. The fraction of sp³-hybridized carbons (Fsp3) is 0.314. The zero-order valence-electron chi connectivity index (χ0n) is 24.3. The summed E-state index contributed by atoms with van der Waals surface area (Å²) in [6, 6.07) is 24.5. The zero-order chi connectivity index (χ0) is 30.8. The average Bonchev–Trinajstić information content (AvgIpc) is 3.68. The van der Waals surface area contributed by atoms with Gasteiger partial charge in [-0.1, -0.05) is 78.3 Å². The molecule has 1 saturated carbocycles. The van der Waals surface area contributed by atoms with Crippen LogP contribution in [0.15, 0.2) is 78.9 Å². The molecule has 0 aliphatic heterocycles. The second kappa shape index (κ2) is 12.2. The maximum Gasteiger partial charge on any atom is 0.303 e. The lowest BCUT2D eigenvalue weighted by molar-refractivity contribution is -0.138. The maximum atomic E-state index is 14.0. The predicted molar refractivity (Wildman–Crippen MR) is 173 cm³/mol. The van der Waals surface area contributed by atoms with Crippen molar-refractivity contribution in [1.29, 1.82) is 0 Å². The van der Waals surface area contributed by atoms with Crippen LogP contribution in [0.5, 0.6) is 0 Å². The fourth-order valence-corrected chi connectivity index (χ4v) is 8.47. The number of pyridine rings is 1. The van der Waals surface area contributed by atoms with E-state index in [1.807, 2.05) is 91.0 Å². The second-order valence-corrected chi connectivity index (χ2v) is 14.8. The molecule has 224 valence electrons. The highest BCUT2D eigenvalue weighted by Crippen LogP contribution is 2.51. The summed E-state index contributed by atoms with van der Waals surface area (Å²) >= 11 is 6.14. The third kappa shape index (κ3) is 7.71. The molecule has 0 radical (unpaired) electrons. The number of nitrogens with zero attached hydrogens (tertiary/aromatic N) is 1. The molecule has 1 atom stereocenters. The van der Waals surface area contributed by atoms with Crippen LogP contribution >= 0.6 is 11.6 Å². The molecular weight excluding hydrogens is 582 g/mol. The van der Waals surface area contributed by atoms with Crippen molar-refractivity contribution < 1.29 is 23.4 Å². The van der Waals surface area contributed by atoms with Crippen molar-refractivity contribution in [3.05, 3.63) is 112 Å². The van der Waals surface area contributed by atoms with Gasteiger partial charge in [-0.05, 0) is 91.5 Å². The molecule has 0 saturated heterocycles. The molecule has 0 unspecified atom stereocenters. The Balaban J connectivity index is 1.45. The maximum absolute atomic E-state index is 14.0. The Labute approximate surface area is 258 Å². The standard InChI is InChI=1S/C35H36ClNO5S/c1-34(2,40)30-9-4-3-7-25(30)13-17-32(43(41,42)23-35(18-19-35)22-33(38)39)27-8-5-6-24(20-27)10-15-29-16-12-26-11-14-28(36)21-31(26)37-29/h3-12,14-16,20-21,32,40H,13,17-19,22-23H2,1-2H3,(H,38,39)/b15-10+/t32-/m0/s1. The molecule has 2 N–H and O–H groups in total. The number of aliphatic hydroxyl groups is 1. The molecule has 1 aromatic heterocycles. The van der Waals surface area contributed by atoms with Gasteiger partial charge in [-0.15, -0.1) is 0 Å². The third-order valence-electron chi connectivity index (χ3n) is 8.18. The Morgan fingerprint density at radius 2 is 1.77 bits per heavy atom. The van der Waals surface area contributed by atoms with Crippen molar-refractivity contribution in [2.45, 2.75) is 56.8 Å². The lowest BCUT2D eigenvalue weighted by Crippen LogP contribution is -2.26. The van der Waals surface area contributed by atoms with Crippen LogP contribution in [0.2, 0.25) is 5.02 Å². The van der Waals surface area contributed by atoms with Crippen molar-refractivity contribution >= 4 is 50.5 Å². The van der Waals surface area contributed by atoms with E-state index in [0.29, 0.717) is 36.3 Å². The molecule has 3 aromatic carbocycles. The Bertz CT molecular complexity index is 1790. The zero-order valence-corrected chi connectivity index (χ0v) is 25.9. The highest BCUT2D eigenvalue weighted by Gasteiger charge is 2.49. The number of hydrogen-bond donors (Lipinski definition) is 2. The van der Waals surface area contributed by atoms with E-state index in [0.717, 1.165) is 33.3 Å². The Kier molecular flexibility index (Phi) is 8.80. The summed E-state index contributed by atoms with van der Waals surface area (Å²) in [5.74, 6) is -1.13. The first-order valence-corrected chi connectivity index (χ1v) is 16.5. The number of aromatic nitrogens is 1. The first-order chi connectivity index (χ1) is 20.3. The minimum Gasteiger partial charge on any atom is -0.481 e. The molecule has 1 fully saturated rings.